The van der Waals surface area contributed by atoms with Crippen molar-refractivity contribution in [3.8, 4) is 5.82 Å². The van der Waals surface area contributed by atoms with Crippen LogP contribution in [0.25, 0.3) is 5.82 Å². The lowest BCUT2D eigenvalue weighted by molar-refractivity contribution is 0.102. The molecule has 0 aliphatic heterocycles. The van der Waals surface area contributed by atoms with E-state index in [1.54, 1.807) is 12.1 Å². The first-order valence-electron chi connectivity index (χ1n) is 7.46. The van der Waals surface area contributed by atoms with Gasteiger partial charge in [-0.1, -0.05) is 15.9 Å². The van der Waals surface area contributed by atoms with E-state index in [2.05, 4.69) is 36.1 Å². The number of rotatable bonds is 5. The fourth-order valence-corrected chi connectivity index (χ4v) is 3.25. The third-order valence-corrected chi connectivity index (χ3v) is 4.31. The molecule has 140 valence electrons. The van der Waals surface area contributed by atoms with Crippen LogP contribution in [0, 0.1) is 5.82 Å². The molecule has 0 bridgehead atoms. The second-order valence-corrected chi connectivity index (χ2v) is 8.23. The summed E-state index contributed by atoms with van der Waals surface area (Å²) >= 11 is 3.27. The Morgan fingerprint density at radius 3 is 2.59 bits per heavy atom. The number of nitrogens with one attached hydrogen (secondary N) is 2. The second kappa shape index (κ2) is 7.45. The number of nitrogens with zero attached hydrogens (tertiary/aromatic N) is 3. The molecule has 2 N–H and O–H groups in total. The van der Waals surface area contributed by atoms with Crippen LogP contribution in [0.3, 0.4) is 0 Å². The number of pyridine rings is 1. The number of anilines is 2. The van der Waals surface area contributed by atoms with Crippen LogP contribution in [0.4, 0.5) is 15.8 Å². The largest absolute Gasteiger partial charge is 0.322 e. The maximum Gasteiger partial charge on any atom is 0.258 e. The van der Waals surface area contributed by atoms with E-state index in [0.717, 1.165) is 12.5 Å². The molecule has 1 aromatic carbocycles. The van der Waals surface area contributed by atoms with Gasteiger partial charge >= 0.3 is 0 Å². The first-order chi connectivity index (χ1) is 12.7. The molecule has 0 atom stereocenters. The summed E-state index contributed by atoms with van der Waals surface area (Å²) in [7, 11) is -3.45. The quantitative estimate of drug-likeness (QED) is 0.617. The van der Waals surface area contributed by atoms with Crippen molar-refractivity contribution in [2.24, 2.45) is 0 Å². The lowest BCUT2D eigenvalue weighted by Crippen LogP contribution is -2.13. The Morgan fingerprint density at radius 1 is 1.19 bits per heavy atom. The average Bonchev–Trinajstić information content (AvgIpc) is 3.03. The van der Waals surface area contributed by atoms with Crippen molar-refractivity contribution in [2.45, 2.75) is 0 Å². The molecule has 3 rings (SSSR count). The Hall–Kier alpha value is -2.79. The van der Waals surface area contributed by atoms with Gasteiger partial charge in [-0.15, -0.1) is 0 Å². The van der Waals surface area contributed by atoms with Crippen LogP contribution in [0.5, 0.6) is 0 Å². The van der Waals surface area contributed by atoms with E-state index in [0.29, 0.717) is 21.7 Å². The summed E-state index contributed by atoms with van der Waals surface area (Å²) in [4.78, 5) is 16.3. The summed E-state index contributed by atoms with van der Waals surface area (Å²) in [6, 6.07) is 7.34. The highest BCUT2D eigenvalue weighted by Crippen LogP contribution is 2.24. The van der Waals surface area contributed by atoms with Gasteiger partial charge in [-0.25, -0.2) is 22.5 Å². The molecule has 27 heavy (non-hydrogen) atoms. The molecule has 0 saturated heterocycles. The van der Waals surface area contributed by atoms with Crippen molar-refractivity contribution < 1.29 is 17.6 Å². The molecule has 11 heteroatoms. The van der Waals surface area contributed by atoms with Gasteiger partial charge in [0.2, 0.25) is 10.0 Å². The van der Waals surface area contributed by atoms with E-state index in [-0.39, 0.29) is 5.56 Å². The summed E-state index contributed by atoms with van der Waals surface area (Å²) in [5, 5.41) is 6.69. The summed E-state index contributed by atoms with van der Waals surface area (Å²) in [6.07, 6.45) is 4.87. The van der Waals surface area contributed by atoms with Crippen molar-refractivity contribution >= 4 is 43.2 Å². The minimum Gasteiger partial charge on any atom is -0.322 e. The van der Waals surface area contributed by atoms with Crippen LogP contribution in [-0.2, 0) is 10.0 Å². The van der Waals surface area contributed by atoms with E-state index in [1.807, 2.05) is 0 Å². The predicted octanol–water partition coefficient (Wildman–Crippen LogP) is 2.79. The fourth-order valence-electron chi connectivity index (χ4n) is 2.21. The zero-order chi connectivity index (χ0) is 19.6. The van der Waals surface area contributed by atoms with Crippen molar-refractivity contribution in [1.82, 2.24) is 14.8 Å². The molecule has 0 radical (unpaired) electrons. The number of carbonyl (C=O) groups is 1. The first kappa shape index (κ1) is 19.0. The number of benzene rings is 1. The number of aromatic nitrogens is 3. The highest BCUT2D eigenvalue weighted by atomic mass is 79.9. The molecule has 0 fully saturated rings. The van der Waals surface area contributed by atoms with E-state index >= 15 is 0 Å². The molecule has 0 unspecified atom stereocenters. The predicted molar refractivity (Wildman–Crippen MR) is 102 cm³/mol. The molecular formula is C16H13BrFN5O3S. The first-order valence-corrected chi connectivity index (χ1v) is 10.1. The lowest BCUT2D eigenvalue weighted by Gasteiger charge is -2.09. The van der Waals surface area contributed by atoms with Crippen LogP contribution < -0.4 is 10.0 Å². The van der Waals surface area contributed by atoms with E-state index in [4.69, 9.17) is 0 Å². The topological polar surface area (TPSA) is 106 Å². The monoisotopic (exact) mass is 453 g/mol. The van der Waals surface area contributed by atoms with Gasteiger partial charge in [-0.2, -0.15) is 5.10 Å². The van der Waals surface area contributed by atoms with Crippen LogP contribution in [0.1, 0.15) is 10.4 Å². The summed E-state index contributed by atoms with van der Waals surface area (Å²) in [6.45, 7) is 0. The van der Waals surface area contributed by atoms with Gasteiger partial charge in [0, 0.05) is 16.4 Å². The molecule has 1 amide bonds. The maximum absolute atomic E-state index is 12.9. The van der Waals surface area contributed by atoms with Crippen molar-refractivity contribution in [1.29, 1.82) is 0 Å². The van der Waals surface area contributed by atoms with Crippen LogP contribution in [0.15, 0.2) is 53.4 Å². The minimum atomic E-state index is -3.45. The molecule has 2 heterocycles. The van der Waals surface area contributed by atoms with Gasteiger partial charge in [0.1, 0.15) is 5.82 Å². The van der Waals surface area contributed by atoms with Crippen molar-refractivity contribution in [2.75, 3.05) is 16.3 Å². The van der Waals surface area contributed by atoms with Crippen molar-refractivity contribution in [3.63, 3.8) is 0 Å². The minimum absolute atomic E-state index is 0.249. The number of hydrogen-bond acceptors (Lipinski definition) is 5. The summed E-state index contributed by atoms with van der Waals surface area (Å²) < 4.78 is 39.9. The van der Waals surface area contributed by atoms with Gasteiger partial charge < -0.3 is 5.32 Å². The Balaban J connectivity index is 1.79. The zero-order valence-electron chi connectivity index (χ0n) is 13.8. The molecule has 8 nitrogen and oxygen atoms in total. The maximum atomic E-state index is 12.9. The van der Waals surface area contributed by atoms with E-state index in [1.165, 1.54) is 35.3 Å². The smallest absolute Gasteiger partial charge is 0.258 e. The number of halogens is 2. The van der Waals surface area contributed by atoms with E-state index < -0.39 is 21.7 Å². The van der Waals surface area contributed by atoms with Gasteiger partial charge in [0.25, 0.3) is 5.91 Å². The highest BCUT2D eigenvalue weighted by molar-refractivity contribution is 9.10. The number of sulfonamides is 1. The van der Waals surface area contributed by atoms with Crippen LogP contribution >= 0.6 is 15.9 Å². The van der Waals surface area contributed by atoms with Gasteiger partial charge in [0.05, 0.1) is 29.9 Å². The number of carbonyl (C=O) groups excluding carboxylic acids is 1. The second-order valence-electron chi connectivity index (χ2n) is 5.57. The standard InChI is InChI=1S/C16H13BrFN5O3S/c1-27(25,26)22-14-5-11(17)4-13(6-14)21-16(24)10-7-20-23(9-10)15-3-2-12(18)8-19-15/h2-9,22H,1H3,(H,21,24). The molecule has 0 spiro atoms. The molecular weight excluding hydrogens is 441 g/mol. The number of hydrogen-bond donors (Lipinski definition) is 2. The van der Waals surface area contributed by atoms with Gasteiger partial charge in [-0.3, -0.25) is 9.52 Å². The van der Waals surface area contributed by atoms with E-state index in [9.17, 15) is 17.6 Å². The summed E-state index contributed by atoms with van der Waals surface area (Å²) in [5.41, 5.74) is 0.931. The Labute approximate surface area is 162 Å². The third-order valence-electron chi connectivity index (χ3n) is 3.25. The van der Waals surface area contributed by atoms with Crippen LogP contribution in [-0.4, -0.2) is 35.3 Å². The van der Waals surface area contributed by atoms with Crippen molar-refractivity contribution in [3.05, 3.63) is 64.8 Å². The van der Waals surface area contributed by atoms with Crippen LogP contribution in [0.2, 0.25) is 0 Å². The zero-order valence-corrected chi connectivity index (χ0v) is 16.3. The molecule has 2 aromatic heterocycles. The molecule has 3 aromatic rings. The SMILES string of the molecule is CS(=O)(=O)Nc1cc(Br)cc(NC(=O)c2cnn(-c3ccc(F)cn3)c2)c1. The molecule has 0 aliphatic carbocycles. The highest BCUT2D eigenvalue weighted by Gasteiger charge is 2.12. The normalized spacial score (nSPS) is 11.2. The Bertz CT molecular complexity index is 1100. The molecule has 0 saturated carbocycles. The number of amides is 1. The Kier molecular flexibility index (Phi) is 5.24. The summed E-state index contributed by atoms with van der Waals surface area (Å²) in [5.74, 6) is -0.568. The van der Waals surface area contributed by atoms with Gasteiger partial charge in [-0.05, 0) is 30.3 Å². The lowest BCUT2D eigenvalue weighted by atomic mass is 10.2. The molecule has 0 aliphatic rings. The Morgan fingerprint density at radius 2 is 1.93 bits per heavy atom. The van der Waals surface area contributed by atoms with Gasteiger partial charge in [0.15, 0.2) is 5.82 Å². The fraction of sp³-hybridized carbons (Fsp3) is 0.0625. The average molecular weight is 454 g/mol. The third kappa shape index (κ3) is 5.11.